The van der Waals surface area contributed by atoms with Crippen molar-refractivity contribution < 1.29 is 18.8 Å². The van der Waals surface area contributed by atoms with Gasteiger partial charge in [0.25, 0.3) is 0 Å². The highest BCUT2D eigenvalue weighted by Gasteiger charge is 2.52. The highest BCUT2D eigenvalue weighted by atomic mass is 16.7. The standard InChI is InChI=1S/C18H28BNO4/c1-17(2)18(3,4)24-19(23-17)15-7-5-6-8-16(15)22-14-11-20-9-12-21-13-10-20/h5-8H,9-14H2,1-4H3. The van der Waals surface area contributed by atoms with Crippen LogP contribution in [0.4, 0.5) is 0 Å². The lowest BCUT2D eigenvalue weighted by atomic mass is 9.78. The number of hydrogen-bond acceptors (Lipinski definition) is 5. The molecule has 0 bridgehead atoms. The van der Waals surface area contributed by atoms with E-state index in [0.29, 0.717) is 6.61 Å². The average Bonchev–Trinajstić information content (AvgIpc) is 2.77. The summed E-state index contributed by atoms with van der Waals surface area (Å²) in [6.07, 6.45) is 0. The van der Waals surface area contributed by atoms with Crippen LogP contribution in [-0.4, -0.2) is 62.7 Å². The Morgan fingerprint density at radius 3 is 2.33 bits per heavy atom. The predicted molar refractivity (Wildman–Crippen MR) is 94.9 cm³/mol. The number of benzene rings is 1. The number of rotatable bonds is 5. The third kappa shape index (κ3) is 3.77. The van der Waals surface area contributed by atoms with Crippen LogP contribution in [0.25, 0.3) is 0 Å². The fraction of sp³-hybridized carbons (Fsp3) is 0.667. The summed E-state index contributed by atoms with van der Waals surface area (Å²) >= 11 is 0. The van der Waals surface area contributed by atoms with Gasteiger partial charge in [0.15, 0.2) is 0 Å². The molecule has 3 rings (SSSR count). The van der Waals surface area contributed by atoms with Crippen LogP contribution >= 0.6 is 0 Å². The molecule has 1 aromatic carbocycles. The zero-order valence-corrected chi connectivity index (χ0v) is 15.2. The summed E-state index contributed by atoms with van der Waals surface area (Å²) in [6, 6.07) is 7.99. The van der Waals surface area contributed by atoms with Crippen molar-refractivity contribution in [3.63, 3.8) is 0 Å². The molecule has 132 valence electrons. The van der Waals surface area contributed by atoms with Crippen LogP contribution < -0.4 is 10.2 Å². The van der Waals surface area contributed by atoms with E-state index in [1.54, 1.807) is 0 Å². The van der Waals surface area contributed by atoms with Crippen molar-refractivity contribution >= 4 is 12.6 Å². The highest BCUT2D eigenvalue weighted by Crippen LogP contribution is 2.37. The number of hydrogen-bond donors (Lipinski definition) is 0. The minimum Gasteiger partial charge on any atom is -0.493 e. The first-order valence-electron chi connectivity index (χ1n) is 8.76. The lowest BCUT2D eigenvalue weighted by Crippen LogP contribution is -2.41. The summed E-state index contributed by atoms with van der Waals surface area (Å²) in [5, 5.41) is 0. The molecule has 0 unspecified atom stereocenters. The van der Waals surface area contributed by atoms with Crippen LogP contribution in [0.15, 0.2) is 24.3 Å². The quantitative estimate of drug-likeness (QED) is 0.767. The van der Waals surface area contributed by atoms with Gasteiger partial charge in [-0.3, -0.25) is 4.90 Å². The molecule has 0 aliphatic carbocycles. The van der Waals surface area contributed by atoms with E-state index in [1.165, 1.54) is 0 Å². The molecule has 0 radical (unpaired) electrons. The topological polar surface area (TPSA) is 40.2 Å². The molecule has 2 fully saturated rings. The van der Waals surface area contributed by atoms with Gasteiger partial charge in [-0.15, -0.1) is 0 Å². The van der Waals surface area contributed by atoms with Crippen LogP contribution in [0.5, 0.6) is 5.75 Å². The van der Waals surface area contributed by atoms with E-state index in [2.05, 4.69) is 32.6 Å². The van der Waals surface area contributed by atoms with E-state index in [9.17, 15) is 0 Å². The molecule has 2 heterocycles. The van der Waals surface area contributed by atoms with Crippen LogP contribution in [-0.2, 0) is 14.0 Å². The van der Waals surface area contributed by atoms with Crippen molar-refractivity contribution in [2.75, 3.05) is 39.5 Å². The maximum absolute atomic E-state index is 6.16. The van der Waals surface area contributed by atoms with Gasteiger partial charge in [-0.1, -0.05) is 18.2 Å². The normalized spacial score (nSPS) is 23.4. The van der Waals surface area contributed by atoms with Crippen molar-refractivity contribution in [1.29, 1.82) is 0 Å². The summed E-state index contributed by atoms with van der Waals surface area (Å²) < 4.78 is 23.7. The Balaban J connectivity index is 1.63. The SMILES string of the molecule is CC1(C)OB(c2ccccc2OCCN2CCOCC2)OC1(C)C. The average molecular weight is 333 g/mol. The fourth-order valence-electron chi connectivity index (χ4n) is 2.89. The van der Waals surface area contributed by atoms with E-state index in [1.807, 2.05) is 24.3 Å². The minimum absolute atomic E-state index is 0.349. The van der Waals surface area contributed by atoms with Gasteiger partial charge in [-0.2, -0.15) is 0 Å². The predicted octanol–water partition coefficient (Wildman–Crippen LogP) is 1.70. The van der Waals surface area contributed by atoms with Crippen LogP contribution in [0, 0.1) is 0 Å². The lowest BCUT2D eigenvalue weighted by molar-refractivity contribution is 0.00578. The van der Waals surface area contributed by atoms with Crippen molar-refractivity contribution in [3.05, 3.63) is 24.3 Å². The molecular weight excluding hydrogens is 305 g/mol. The molecule has 0 atom stereocenters. The zero-order chi connectivity index (χ0) is 17.2. The minimum atomic E-state index is -0.394. The Labute approximate surface area is 145 Å². The molecule has 0 N–H and O–H groups in total. The van der Waals surface area contributed by atoms with Gasteiger partial charge in [0, 0.05) is 25.1 Å². The molecule has 2 saturated heterocycles. The first kappa shape index (κ1) is 17.7. The van der Waals surface area contributed by atoms with E-state index in [0.717, 1.165) is 44.1 Å². The fourth-order valence-corrected chi connectivity index (χ4v) is 2.89. The molecule has 24 heavy (non-hydrogen) atoms. The molecule has 0 aromatic heterocycles. The van der Waals surface area contributed by atoms with Crippen molar-refractivity contribution in [1.82, 2.24) is 4.90 Å². The molecule has 5 nitrogen and oxygen atoms in total. The molecule has 0 amide bonds. The van der Waals surface area contributed by atoms with Crippen LogP contribution in [0.2, 0.25) is 0 Å². The third-order valence-electron chi connectivity index (χ3n) is 5.19. The van der Waals surface area contributed by atoms with E-state index in [-0.39, 0.29) is 11.2 Å². The molecule has 2 aliphatic heterocycles. The molecular formula is C18H28BNO4. The molecule has 6 heteroatoms. The van der Waals surface area contributed by atoms with Gasteiger partial charge >= 0.3 is 7.12 Å². The molecule has 2 aliphatic rings. The van der Waals surface area contributed by atoms with E-state index in [4.69, 9.17) is 18.8 Å². The third-order valence-corrected chi connectivity index (χ3v) is 5.19. The molecule has 1 aromatic rings. The number of ether oxygens (including phenoxy) is 2. The van der Waals surface area contributed by atoms with Crippen LogP contribution in [0.3, 0.4) is 0 Å². The van der Waals surface area contributed by atoms with Gasteiger partial charge in [0.2, 0.25) is 0 Å². The van der Waals surface area contributed by atoms with Gasteiger partial charge in [-0.25, -0.2) is 0 Å². The Morgan fingerprint density at radius 2 is 1.67 bits per heavy atom. The van der Waals surface area contributed by atoms with E-state index >= 15 is 0 Å². The smallest absolute Gasteiger partial charge is 0.493 e. The summed E-state index contributed by atoms with van der Waals surface area (Å²) in [4.78, 5) is 2.36. The summed E-state index contributed by atoms with van der Waals surface area (Å²) in [5.74, 6) is 0.837. The Hall–Kier alpha value is -1.08. The first-order valence-corrected chi connectivity index (χ1v) is 8.76. The Kier molecular flexibility index (Phi) is 5.20. The second-order valence-electron chi connectivity index (χ2n) is 7.43. The van der Waals surface area contributed by atoms with Gasteiger partial charge in [0.05, 0.1) is 24.4 Å². The lowest BCUT2D eigenvalue weighted by Gasteiger charge is -2.32. The second-order valence-corrected chi connectivity index (χ2v) is 7.43. The highest BCUT2D eigenvalue weighted by molar-refractivity contribution is 6.63. The van der Waals surface area contributed by atoms with Crippen molar-refractivity contribution in [3.8, 4) is 5.75 Å². The van der Waals surface area contributed by atoms with E-state index < -0.39 is 7.12 Å². The van der Waals surface area contributed by atoms with Crippen molar-refractivity contribution in [2.24, 2.45) is 0 Å². The maximum Gasteiger partial charge on any atom is 0.498 e. The largest absolute Gasteiger partial charge is 0.498 e. The molecule has 0 spiro atoms. The van der Waals surface area contributed by atoms with Crippen LogP contribution in [0.1, 0.15) is 27.7 Å². The maximum atomic E-state index is 6.16. The number of para-hydroxylation sites is 1. The zero-order valence-electron chi connectivity index (χ0n) is 15.2. The van der Waals surface area contributed by atoms with Gasteiger partial charge < -0.3 is 18.8 Å². The first-order chi connectivity index (χ1) is 11.4. The number of nitrogens with zero attached hydrogens (tertiary/aromatic N) is 1. The summed E-state index contributed by atoms with van der Waals surface area (Å²) in [7, 11) is -0.394. The Morgan fingerprint density at radius 1 is 1.04 bits per heavy atom. The Bertz CT molecular complexity index is 542. The summed E-state index contributed by atoms with van der Waals surface area (Å²) in [5.41, 5.74) is 0.259. The monoisotopic (exact) mass is 333 g/mol. The van der Waals surface area contributed by atoms with Crippen molar-refractivity contribution in [2.45, 2.75) is 38.9 Å². The second kappa shape index (κ2) is 7.04. The van der Waals surface area contributed by atoms with Gasteiger partial charge in [-0.05, 0) is 33.8 Å². The van der Waals surface area contributed by atoms with Gasteiger partial charge in [0.1, 0.15) is 12.4 Å². The number of morpholine rings is 1. The molecule has 0 saturated carbocycles. The summed E-state index contributed by atoms with van der Waals surface area (Å²) in [6.45, 7) is 13.4.